The summed E-state index contributed by atoms with van der Waals surface area (Å²) < 4.78 is 0. The number of nitrogens with two attached hydrogens (primary N) is 1. The molecule has 1 aliphatic rings. The first-order valence-corrected chi connectivity index (χ1v) is 7.93. The van der Waals surface area contributed by atoms with Crippen LogP contribution in [0.5, 0.6) is 0 Å². The first kappa shape index (κ1) is 14.5. The largest absolute Gasteiger partial charge is 0.366 e. The molecule has 1 atom stereocenters. The summed E-state index contributed by atoms with van der Waals surface area (Å²) >= 11 is 1.64. The first-order chi connectivity index (χ1) is 8.94. The lowest BCUT2D eigenvalue weighted by molar-refractivity contribution is 0.1000. The maximum absolute atomic E-state index is 11.1. The van der Waals surface area contributed by atoms with Gasteiger partial charge in [-0.15, -0.1) is 11.3 Å². The molecule has 0 saturated carbocycles. The number of hydrogen-bond donors (Lipinski definition) is 1. The third-order valence-electron chi connectivity index (χ3n) is 4.47. The number of likely N-dealkylation sites (tertiary alicyclic amines) is 1. The van der Waals surface area contributed by atoms with E-state index in [-0.39, 0.29) is 5.91 Å². The van der Waals surface area contributed by atoms with Crippen molar-refractivity contribution in [2.24, 2.45) is 11.1 Å². The Morgan fingerprint density at radius 3 is 2.89 bits per heavy atom. The van der Waals surface area contributed by atoms with Crippen LogP contribution >= 0.6 is 11.3 Å². The van der Waals surface area contributed by atoms with Crippen LogP contribution < -0.4 is 5.73 Å². The first-order valence-electron chi connectivity index (χ1n) is 7.05. The van der Waals surface area contributed by atoms with Crippen LogP contribution in [0.4, 0.5) is 0 Å². The molecule has 1 unspecified atom stereocenters. The molecule has 1 fully saturated rings. The van der Waals surface area contributed by atoms with E-state index >= 15 is 0 Å². The van der Waals surface area contributed by atoms with E-state index in [1.807, 2.05) is 11.4 Å². The topological polar surface area (TPSA) is 46.3 Å². The minimum atomic E-state index is -0.325. The second-order valence-corrected chi connectivity index (χ2v) is 7.13. The molecule has 1 amide bonds. The van der Waals surface area contributed by atoms with Gasteiger partial charge in [-0.2, -0.15) is 0 Å². The molecule has 0 radical (unpaired) electrons. The van der Waals surface area contributed by atoms with E-state index in [0.717, 1.165) is 13.1 Å². The van der Waals surface area contributed by atoms with Crippen molar-refractivity contribution >= 4 is 17.2 Å². The van der Waals surface area contributed by atoms with Crippen molar-refractivity contribution < 1.29 is 4.79 Å². The summed E-state index contributed by atoms with van der Waals surface area (Å²) in [6, 6.07) is 2.60. The fourth-order valence-electron chi connectivity index (χ4n) is 2.93. The van der Waals surface area contributed by atoms with Crippen LogP contribution in [0.25, 0.3) is 0 Å². The number of carbonyl (C=O) groups is 1. The molecule has 0 spiro atoms. The van der Waals surface area contributed by atoms with E-state index < -0.39 is 0 Å². The molecule has 1 saturated heterocycles. The summed E-state index contributed by atoms with van der Waals surface area (Å²) in [5, 5.41) is 1.87. The smallest absolute Gasteiger partial charge is 0.249 e. The number of amides is 1. The molecule has 19 heavy (non-hydrogen) atoms. The average molecular weight is 280 g/mol. The summed E-state index contributed by atoms with van der Waals surface area (Å²) in [5.74, 6) is -0.325. The molecule has 0 bridgehead atoms. The third kappa shape index (κ3) is 3.18. The fourth-order valence-corrected chi connectivity index (χ4v) is 3.83. The number of primary amides is 1. The Morgan fingerprint density at radius 2 is 2.32 bits per heavy atom. The normalized spacial score (nSPS) is 20.9. The summed E-state index contributed by atoms with van der Waals surface area (Å²) in [6.45, 7) is 9.11. The van der Waals surface area contributed by atoms with Crippen molar-refractivity contribution in [1.29, 1.82) is 0 Å². The molecule has 106 valence electrons. The zero-order valence-corrected chi connectivity index (χ0v) is 12.9. The maximum Gasteiger partial charge on any atom is 0.249 e. The molecule has 2 heterocycles. The van der Waals surface area contributed by atoms with Gasteiger partial charge in [-0.25, -0.2) is 0 Å². The second-order valence-electron chi connectivity index (χ2n) is 6.14. The number of nitrogens with zero attached hydrogens (tertiary/aromatic N) is 1. The molecule has 0 aliphatic carbocycles. The van der Waals surface area contributed by atoms with E-state index in [9.17, 15) is 4.79 Å². The summed E-state index contributed by atoms with van der Waals surface area (Å²) in [6.07, 6.45) is 3.77. The van der Waals surface area contributed by atoms with Crippen molar-refractivity contribution in [1.82, 2.24) is 4.90 Å². The predicted molar refractivity (Wildman–Crippen MR) is 80.3 cm³/mol. The summed E-state index contributed by atoms with van der Waals surface area (Å²) in [5.41, 5.74) is 6.31. The maximum atomic E-state index is 11.1. The van der Waals surface area contributed by atoms with Crippen LogP contribution in [-0.4, -0.2) is 23.4 Å². The van der Waals surface area contributed by atoms with Crippen LogP contribution in [0.15, 0.2) is 11.4 Å². The lowest BCUT2D eigenvalue weighted by Gasteiger charge is -2.37. The van der Waals surface area contributed by atoms with E-state index in [1.165, 1.54) is 24.1 Å². The quantitative estimate of drug-likeness (QED) is 0.900. The second kappa shape index (κ2) is 5.63. The highest BCUT2D eigenvalue weighted by molar-refractivity contribution is 7.10. The molecular formula is C15H24N2OS. The molecule has 3 nitrogen and oxygen atoms in total. The zero-order chi connectivity index (χ0) is 14.0. The Balaban J connectivity index is 2.07. The highest BCUT2D eigenvalue weighted by Gasteiger charge is 2.36. The zero-order valence-electron chi connectivity index (χ0n) is 12.1. The minimum absolute atomic E-state index is 0.325. The van der Waals surface area contributed by atoms with Crippen LogP contribution in [0, 0.1) is 5.41 Å². The summed E-state index contributed by atoms with van der Waals surface area (Å²) in [4.78, 5) is 14.9. The summed E-state index contributed by atoms with van der Waals surface area (Å²) in [7, 11) is 0. The molecule has 1 aromatic rings. The molecular weight excluding hydrogens is 256 g/mol. The molecule has 1 aliphatic heterocycles. The Morgan fingerprint density at radius 1 is 1.58 bits per heavy atom. The van der Waals surface area contributed by atoms with Gasteiger partial charge in [-0.05, 0) is 37.3 Å². The van der Waals surface area contributed by atoms with Crippen LogP contribution in [0.1, 0.15) is 55.3 Å². The van der Waals surface area contributed by atoms with Crippen molar-refractivity contribution in [3.63, 3.8) is 0 Å². The van der Waals surface area contributed by atoms with Gasteiger partial charge < -0.3 is 5.73 Å². The van der Waals surface area contributed by atoms with Crippen molar-refractivity contribution in [2.75, 3.05) is 6.54 Å². The Labute approximate surface area is 119 Å². The van der Waals surface area contributed by atoms with Gasteiger partial charge in [0.25, 0.3) is 0 Å². The van der Waals surface area contributed by atoms with Crippen LogP contribution in [0.2, 0.25) is 0 Å². The van der Waals surface area contributed by atoms with Crippen LogP contribution in [0.3, 0.4) is 0 Å². The number of rotatable bonds is 5. The fraction of sp³-hybridized carbons (Fsp3) is 0.667. The molecule has 2 rings (SSSR count). The van der Waals surface area contributed by atoms with Gasteiger partial charge in [0.2, 0.25) is 5.91 Å². The van der Waals surface area contributed by atoms with Gasteiger partial charge in [0.05, 0.1) is 5.56 Å². The highest BCUT2D eigenvalue weighted by atomic mass is 32.1. The Bertz CT molecular complexity index is 453. The van der Waals surface area contributed by atoms with Crippen LogP contribution in [-0.2, 0) is 6.54 Å². The highest BCUT2D eigenvalue weighted by Crippen LogP contribution is 2.36. The van der Waals surface area contributed by atoms with Gasteiger partial charge in [0.15, 0.2) is 0 Å². The van der Waals surface area contributed by atoms with Gasteiger partial charge in [0.1, 0.15) is 0 Å². The van der Waals surface area contributed by atoms with Gasteiger partial charge in [0, 0.05) is 22.8 Å². The molecule has 4 heteroatoms. The lowest BCUT2D eigenvalue weighted by atomic mass is 9.80. The number of carbonyl (C=O) groups excluding carboxylic acids is 1. The van der Waals surface area contributed by atoms with Crippen molar-refractivity contribution in [3.8, 4) is 0 Å². The SMILES string of the molecule is CCC(C)(C)C1CCCN1Cc1cc(C(N)=O)cs1. The van der Waals surface area contributed by atoms with Gasteiger partial charge in [-0.3, -0.25) is 9.69 Å². The van der Waals surface area contributed by atoms with Gasteiger partial charge in [-0.1, -0.05) is 20.8 Å². The van der Waals surface area contributed by atoms with E-state index in [1.54, 1.807) is 11.3 Å². The van der Waals surface area contributed by atoms with E-state index in [2.05, 4.69) is 25.7 Å². The molecule has 0 aromatic carbocycles. The number of thiophene rings is 1. The van der Waals surface area contributed by atoms with Crippen molar-refractivity contribution in [2.45, 2.75) is 52.6 Å². The Hall–Kier alpha value is -0.870. The average Bonchev–Trinajstić information content (AvgIpc) is 2.98. The number of hydrogen-bond acceptors (Lipinski definition) is 3. The van der Waals surface area contributed by atoms with Gasteiger partial charge >= 0.3 is 0 Å². The van der Waals surface area contributed by atoms with E-state index in [4.69, 9.17) is 5.73 Å². The minimum Gasteiger partial charge on any atom is -0.366 e. The Kier molecular flexibility index (Phi) is 4.31. The lowest BCUT2D eigenvalue weighted by Crippen LogP contribution is -2.40. The third-order valence-corrected chi connectivity index (χ3v) is 5.40. The van der Waals surface area contributed by atoms with Crippen molar-refractivity contribution in [3.05, 3.63) is 21.9 Å². The molecule has 1 aromatic heterocycles. The van der Waals surface area contributed by atoms with E-state index in [0.29, 0.717) is 17.0 Å². The predicted octanol–water partition coefficient (Wildman–Crippen LogP) is 3.25. The standard InChI is InChI=1S/C15H24N2OS/c1-4-15(2,3)13-6-5-7-17(13)9-12-8-11(10-19-12)14(16)18/h8,10,13H,4-7,9H2,1-3H3,(H2,16,18). The molecule has 2 N–H and O–H groups in total. The monoisotopic (exact) mass is 280 g/mol.